The first-order valence-electron chi connectivity index (χ1n) is 6.87. The van der Waals surface area contributed by atoms with Gasteiger partial charge in [0, 0.05) is 6.54 Å². The molecule has 116 valence electrons. The monoisotopic (exact) mass is 301 g/mol. The van der Waals surface area contributed by atoms with E-state index in [0.29, 0.717) is 31.5 Å². The van der Waals surface area contributed by atoms with Crippen molar-refractivity contribution in [1.82, 2.24) is 15.2 Å². The molecule has 0 atom stereocenters. The minimum absolute atomic E-state index is 0.451. The Morgan fingerprint density at radius 2 is 1.95 bits per heavy atom. The van der Waals surface area contributed by atoms with E-state index in [1.165, 1.54) is 0 Å². The molecule has 0 saturated carbocycles. The van der Waals surface area contributed by atoms with Crippen LogP contribution in [-0.2, 0) is 0 Å². The van der Waals surface area contributed by atoms with Crippen LogP contribution >= 0.6 is 0 Å². The molecule has 2 N–H and O–H groups in total. The lowest BCUT2D eigenvalue weighted by Crippen LogP contribution is -2.14. The van der Waals surface area contributed by atoms with E-state index in [4.69, 9.17) is 9.47 Å². The van der Waals surface area contributed by atoms with Crippen molar-refractivity contribution < 1.29 is 9.47 Å². The maximum atomic E-state index is 5.60. The smallest absolute Gasteiger partial charge is 0.244 e. The number of anilines is 2. The number of ether oxygens (including phenoxy) is 2. The van der Waals surface area contributed by atoms with Gasteiger partial charge in [0.05, 0.1) is 19.9 Å². The molecular formula is C15H19N5O2. The molecule has 1 aromatic heterocycles. The highest BCUT2D eigenvalue weighted by molar-refractivity contribution is 5.37. The Morgan fingerprint density at radius 3 is 2.68 bits per heavy atom. The molecule has 0 saturated heterocycles. The quantitative estimate of drug-likeness (QED) is 0.541. The number of aromatic nitrogens is 3. The highest BCUT2D eigenvalue weighted by Crippen LogP contribution is 2.16. The van der Waals surface area contributed by atoms with Crippen molar-refractivity contribution in [3.05, 3.63) is 43.1 Å². The topological polar surface area (TPSA) is 81.2 Å². The highest BCUT2D eigenvalue weighted by Gasteiger charge is 2.00. The van der Waals surface area contributed by atoms with Crippen molar-refractivity contribution in [3.63, 3.8) is 0 Å². The summed E-state index contributed by atoms with van der Waals surface area (Å²) in [5, 5.41) is 13.9. The molecule has 0 unspecified atom stereocenters. The van der Waals surface area contributed by atoms with Gasteiger partial charge in [0.25, 0.3) is 0 Å². The Balaban J connectivity index is 1.74. The standard InChI is InChI=1S/C15H19N5O2/c1-3-8-16-14-11-18-20-15(19-14)17-9-10-22-13-6-4-12(21-2)5-7-13/h3-7,11H,1,8-10H2,2H3,(H2,16,17,19,20). The van der Waals surface area contributed by atoms with Crippen LogP contribution in [-0.4, -0.2) is 42.0 Å². The lowest BCUT2D eigenvalue weighted by molar-refractivity contribution is 0.331. The molecule has 7 heteroatoms. The molecule has 0 aliphatic rings. The number of hydrogen-bond donors (Lipinski definition) is 2. The fourth-order valence-corrected chi connectivity index (χ4v) is 1.64. The van der Waals surface area contributed by atoms with E-state index in [9.17, 15) is 0 Å². The molecule has 2 rings (SSSR count). The van der Waals surface area contributed by atoms with Gasteiger partial charge >= 0.3 is 0 Å². The van der Waals surface area contributed by atoms with Crippen molar-refractivity contribution >= 4 is 11.8 Å². The van der Waals surface area contributed by atoms with Crippen LogP contribution in [0.15, 0.2) is 43.1 Å². The predicted molar refractivity (Wildman–Crippen MR) is 85.5 cm³/mol. The number of benzene rings is 1. The van der Waals surface area contributed by atoms with Crippen molar-refractivity contribution in [2.75, 3.05) is 37.4 Å². The molecule has 0 amide bonds. The molecule has 1 aromatic carbocycles. The first kappa shape index (κ1) is 15.6. The maximum Gasteiger partial charge on any atom is 0.244 e. The minimum Gasteiger partial charge on any atom is -0.497 e. The van der Waals surface area contributed by atoms with E-state index in [0.717, 1.165) is 11.5 Å². The summed E-state index contributed by atoms with van der Waals surface area (Å²) >= 11 is 0. The molecule has 22 heavy (non-hydrogen) atoms. The number of hydrogen-bond acceptors (Lipinski definition) is 7. The van der Waals surface area contributed by atoms with Gasteiger partial charge in [-0.2, -0.15) is 10.1 Å². The molecule has 0 aliphatic heterocycles. The number of rotatable bonds is 9. The van der Waals surface area contributed by atoms with Crippen LogP contribution in [0.25, 0.3) is 0 Å². The summed E-state index contributed by atoms with van der Waals surface area (Å²) < 4.78 is 10.7. The molecule has 0 aliphatic carbocycles. The van der Waals surface area contributed by atoms with Gasteiger partial charge in [-0.1, -0.05) is 6.08 Å². The van der Waals surface area contributed by atoms with E-state index in [1.807, 2.05) is 24.3 Å². The third kappa shape index (κ3) is 4.93. The molecule has 0 fully saturated rings. The summed E-state index contributed by atoms with van der Waals surface area (Å²) in [5.41, 5.74) is 0. The van der Waals surface area contributed by atoms with E-state index in [2.05, 4.69) is 32.4 Å². The first-order chi connectivity index (χ1) is 10.8. The average Bonchev–Trinajstić information content (AvgIpc) is 2.58. The van der Waals surface area contributed by atoms with Crippen molar-refractivity contribution in [1.29, 1.82) is 0 Å². The summed E-state index contributed by atoms with van der Waals surface area (Å²) in [7, 11) is 1.63. The first-order valence-corrected chi connectivity index (χ1v) is 6.87. The van der Waals surface area contributed by atoms with E-state index < -0.39 is 0 Å². The van der Waals surface area contributed by atoms with Crippen LogP contribution in [0.2, 0.25) is 0 Å². The molecule has 0 bridgehead atoms. The molecule has 2 aromatic rings. The van der Waals surface area contributed by atoms with Crippen LogP contribution in [0.1, 0.15) is 0 Å². The van der Waals surface area contributed by atoms with E-state index >= 15 is 0 Å². The van der Waals surface area contributed by atoms with Gasteiger partial charge in [-0.3, -0.25) is 0 Å². The second-order valence-corrected chi connectivity index (χ2v) is 4.29. The Kier molecular flexibility index (Phi) is 5.98. The summed E-state index contributed by atoms with van der Waals surface area (Å²) in [6.45, 7) is 5.31. The van der Waals surface area contributed by atoms with Gasteiger partial charge in [0.15, 0.2) is 5.82 Å². The summed E-state index contributed by atoms with van der Waals surface area (Å²) in [6, 6.07) is 7.42. The Hall–Kier alpha value is -2.83. The lowest BCUT2D eigenvalue weighted by atomic mass is 10.3. The van der Waals surface area contributed by atoms with Gasteiger partial charge < -0.3 is 20.1 Å². The number of nitrogens with one attached hydrogen (secondary N) is 2. The van der Waals surface area contributed by atoms with Gasteiger partial charge in [0.2, 0.25) is 5.95 Å². The fraction of sp³-hybridized carbons (Fsp3) is 0.267. The molecule has 0 spiro atoms. The van der Waals surface area contributed by atoms with Gasteiger partial charge in [0.1, 0.15) is 18.1 Å². The second-order valence-electron chi connectivity index (χ2n) is 4.29. The van der Waals surface area contributed by atoms with Gasteiger partial charge in [-0.25, -0.2) is 0 Å². The van der Waals surface area contributed by atoms with Crippen molar-refractivity contribution in [3.8, 4) is 11.5 Å². The lowest BCUT2D eigenvalue weighted by Gasteiger charge is -2.08. The van der Waals surface area contributed by atoms with Crippen LogP contribution in [0.5, 0.6) is 11.5 Å². The van der Waals surface area contributed by atoms with Crippen LogP contribution in [0.4, 0.5) is 11.8 Å². The SMILES string of the molecule is C=CCNc1cnnc(NCCOc2ccc(OC)cc2)n1. The maximum absolute atomic E-state index is 5.60. The zero-order valence-electron chi connectivity index (χ0n) is 12.5. The van der Waals surface area contributed by atoms with Crippen LogP contribution < -0.4 is 20.1 Å². The van der Waals surface area contributed by atoms with Gasteiger partial charge in [-0.15, -0.1) is 11.7 Å². The average molecular weight is 301 g/mol. The largest absolute Gasteiger partial charge is 0.497 e. The minimum atomic E-state index is 0.451. The third-order valence-corrected chi connectivity index (χ3v) is 2.70. The Morgan fingerprint density at radius 1 is 1.18 bits per heavy atom. The third-order valence-electron chi connectivity index (χ3n) is 2.70. The Labute approximate surface area is 129 Å². The van der Waals surface area contributed by atoms with Gasteiger partial charge in [-0.05, 0) is 24.3 Å². The van der Waals surface area contributed by atoms with E-state index in [-0.39, 0.29) is 0 Å². The zero-order valence-corrected chi connectivity index (χ0v) is 12.5. The van der Waals surface area contributed by atoms with Crippen LogP contribution in [0.3, 0.4) is 0 Å². The molecular weight excluding hydrogens is 282 g/mol. The zero-order chi connectivity index (χ0) is 15.6. The van der Waals surface area contributed by atoms with Crippen LogP contribution in [0, 0.1) is 0 Å². The number of nitrogens with zero attached hydrogens (tertiary/aromatic N) is 3. The van der Waals surface area contributed by atoms with E-state index in [1.54, 1.807) is 19.4 Å². The molecule has 7 nitrogen and oxygen atoms in total. The summed E-state index contributed by atoms with van der Waals surface area (Å²) in [4.78, 5) is 4.26. The highest BCUT2D eigenvalue weighted by atomic mass is 16.5. The van der Waals surface area contributed by atoms with Crippen molar-refractivity contribution in [2.24, 2.45) is 0 Å². The summed E-state index contributed by atoms with van der Waals surface area (Å²) in [6.07, 6.45) is 3.31. The summed E-state index contributed by atoms with van der Waals surface area (Å²) in [5.74, 6) is 2.68. The molecule has 1 heterocycles. The predicted octanol–water partition coefficient (Wildman–Crippen LogP) is 1.97. The number of methoxy groups -OCH3 is 1. The fourth-order valence-electron chi connectivity index (χ4n) is 1.64. The normalized spacial score (nSPS) is 9.86. The Bertz CT molecular complexity index is 589. The second kappa shape index (κ2) is 8.46. The van der Waals surface area contributed by atoms with Crippen molar-refractivity contribution in [2.45, 2.75) is 0 Å². The molecule has 0 radical (unpaired) electrons.